The standard InChI is InChI=1S/C13H11NO2/c14-11-3-1-2-10(8-11)13(16)9-4-6-12(15)7-5-9/h1-8,15H,14H2. The monoisotopic (exact) mass is 213 g/mol. The molecule has 3 N–H and O–H groups in total. The van der Waals surface area contributed by atoms with E-state index in [-0.39, 0.29) is 11.5 Å². The molecule has 3 heteroatoms. The number of phenols is 1. The Kier molecular flexibility index (Phi) is 2.60. The van der Waals surface area contributed by atoms with Crippen molar-refractivity contribution >= 4 is 11.5 Å². The SMILES string of the molecule is Nc1cccc(C(=O)c2ccc(O)cc2)c1. The van der Waals surface area contributed by atoms with Crippen LogP contribution in [0.5, 0.6) is 5.75 Å². The molecule has 0 radical (unpaired) electrons. The van der Waals surface area contributed by atoms with E-state index in [1.165, 1.54) is 12.1 Å². The molecule has 0 bridgehead atoms. The third-order valence-electron chi connectivity index (χ3n) is 2.28. The maximum absolute atomic E-state index is 12.0. The first-order valence-corrected chi connectivity index (χ1v) is 4.86. The van der Waals surface area contributed by atoms with Crippen molar-refractivity contribution in [3.8, 4) is 5.75 Å². The number of carbonyl (C=O) groups is 1. The lowest BCUT2D eigenvalue weighted by atomic mass is 10.0. The summed E-state index contributed by atoms with van der Waals surface area (Å²) in [6.07, 6.45) is 0. The minimum atomic E-state index is -0.104. The number of nitrogen functional groups attached to an aromatic ring is 1. The Hall–Kier alpha value is -2.29. The lowest BCUT2D eigenvalue weighted by Crippen LogP contribution is -2.01. The number of hydrogen-bond acceptors (Lipinski definition) is 3. The molecule has 0 unspecified atom stereocenters. The highest BCUT2D eigenvalue weighted by Gasteiger charge is 2.08. The van der Waals surface area contributed by atoms with Crippen LogP contribution in [0.3, 0.4) is 0 Å². The predicted octanol–water partition coefficient (Wildman–Crippen LogP) is 2.21. The number of phenolic OH excluding ortho intramolecular Hbond substituents is 1. The van der Waals surface area contributed by atoms with Crippen LogP contribution in [0.2, 0.25) is 0 Å². The zero-order valence-corrected chi connectivity index (χ0v) is 8.55. The summed E-state index contributed by atoms with van der Waals surface area (Å²) in [5.41, 5.74) is 7.24. The molecule has 0 saturated heterocycles. The Bertz CT molecular complexity index is 518. The average molecular weight is 213 g/mol. The summed E-state index contributed by atoms with van der Waals surface area (Å²) in [4.78, 5) is 12.0. The van der Waals surface area contributed by atoms with Crippen LogP contribution in [0.25, 0.3) is 0 Å². The van der Waals surface area contributed by atoms with E-state index in [4.69, 9.17) is 10.8 Å². The highest BCUT2D eigenvalue weighted by molar-refractivity contribution is 6.09. The first kappa shape index (κ1) is 10.2. The molecule has 0 saturated carbocycles. The van der Waals surface area contributed by atoms with Crippen LogP contribution in [0.1, 0.15) is 15.9 Å². The molecule has 3 nitrogen and oxygen atoms in total. The van der Waals surface area contributed by atoms with Crippen molar-refractivity contribution in [1.82, 2.24) is 0 Å². The van der Waals surface area contributed by atoms with Crippen molar-refractivity contribution in [2.24, 2.45) is 0 Å². The number of ketones is 1. The second-order valence-corrected chi connectivity index (χ2v) is 3.50. The predicted molar refractivity (Wildman–Crippen MR) is 62.4 cm³/mol. The number of aromatic hydroxyl groups is 1. The van der Waals surface area contributed by atoms with Gasteiger partial charge in [0, 0.05) is 16.8 Å². The Labute approximate surface area is 93.1 Å². The summed E-state index contributed by atoms with van der Waals surface area (Å²) in [7, 11) is 0. The Balaban J connectivity index is 2.35. The van der Waals surface area contributed by atoms with E-state index in [1.54, 1.807) is 36.4 Å². The Morgan fingerprint density at radius 2 is 1.69 bits per heavy atom. The fourth-order valence-corrected chi connectivity index (χ4v) is 1.46. The maximum atomic E-state index is 12.0. The molecule has 0 amide bonds. The topological polar surface area (TPSA) is 63.3 Å². The van der Waals surface area contributed by atoms with Gasteiger partial charge in [-0.3, -0.25) is 4.79 Å². The van der Waals surface area contributed by atoms with E-state index in [0.717, 1.165) is 0 Å². The number of hydrogen-bond donors (Lipinski definition) is 2. The molecular formula is C13H11NO2. The van der Waals surface area contributed by atoms with Crippen LogP contribution in [0.4, 0.5) is 5.69 Å². The fraction of sp³-hybridized carbons (Fsp3) is 0. The van der Waals surface area contributed by atoms with Crippen LogP contribution in [-0.4, -0.2) is 10.9 Å². The second-order valence-electron chi connectivity index (χ2n) is 3.50. The Morgan fingerprint density at radius 3 is 2.31 bits per heavy atom. The summed E-state index contributed by atoms with van der Waals surface area (Å²) in [5.74, 6) is 0.0384. The zero-order chi connectivity index (χ0) is 11.5. The first-order valence-electron chi connectivity index (χ1n) is 4.86. The molecule has 2 aromatic rings. The minimum absolute atomic E-state index is 0.104. The molecule has 80 valence electrons. The number of benzene rings is 2. The van der Waals surface area contributed by atoms with Crippen molar-refractivity contribution in [3.05, 3.63) is 59.7 Å². The second kappa shape index (κ2) is 4.06. The summed E-state index contributed by atoms with van der Waals surface area (Å²) >= 11 is 0. The van der Waals surface area contributed by atoms with Gasteiger partial charge in [0.1, 0.15) is 5.75 Å². The van der Waals surface area contributed by atoms with Crippen LogP contribution >= 0.6 is 0 Å². The highest BCUT2D eigenvalue weighted by atomic mass is 16.3. The van der Waals surface area contributed by atoms with E-state index in [2.05, 4.69) is 0 Å². The Morgan fingerprint density at radius 1 is 1.00 bits per heavy atom. The van der Waals surface area contributed by atoms with E-state index in [0.29, 0.717) is 16.8 Å². The van der Waals surface area contributed by atoms with Gasteiger partial charge in [0.05, 0.1) is 0 Å². The van der Waals surface area contributed by atoms with E-state index < -0.39 is 0 Å². The quantitative estimate of drug-likeness (QED) is 0.593. The summed E-state index contributed by atoms with van der Waals surface area (Å²) in [5, 5.41) is 9.12. The summed E-state index contributed by atoms with van der Waals surface area (Å²) < 4.78 is 0. The molecule has 2 rings (SSSR count). The van der Waals surface area contributed by atoms with Gasteiger partial charge in [0.25, 0.3) is 0 Å². The van der Waals surface area contributed by atoms with Gasteiger partial charge in [0.2, 0.25) is 0 Å². The van der Waals surface area contributed by atoms with Gasteiger partial charge in [-0.1, -0.05) is 12.1 Å². The molecular weight excluding hydrogens is 202 g/mol. The third kappa shape index (κ3) is 2.03. The number of anilines is 1. The lowest BCUT2D eigenvalue weighted by molar-refractivity contribution is 0.103. The van der Waals surface area contributed by atoms with Crippen molar-refractivity contribution in [2.45, 2.75) is 0 Å². The molecule has 0 fully saturated rings. The van der Waals surface area contributed by atoms with Crippen LogP contribution in [0.15, 0.2) is 48.5 Å². The number of rotatable bonds is 2. The summed E-state index contributed by atoms with van der Waals surface area (Å²) in [6, 6.07) is 13.0. The molecule has 0 atom stereocenters. The molecule has 0 heterocycles. The van der Waals surface area contributed by atoms with Crippen LogP contribution in [-0.2, 0) is 0 Å². The van der Waals surface area contributed by atoms with Crippen molar-refractivity contribution < 1.29 is 9.90 Å². The molecule has 0 spiro atoms. The van der Waals surface area contributed by atoms with Crippen LogP contribution in [0, 0.1) is 0 Å². The van der Waals surface area contributed by atoms with Gasteiger partial charge in [-0.25, -0.2) is 0 Å². The largest absolute Gasteiger partial charge is 0.508 e. The summed E-state index contributed by atoms with van der Waals surface area (Å²) in [6.45, 7) is 0. The molecule has 16 heavy (non-hydrogen) atoms. The molecule has 0 aromatic heterocycles. The third-order valence-corrected chi connectivity index (χ3v) is 2.28. The number of carbonyl (C=O) groups excluding carboxylic acids is 1. The van der Waals surface area contributed by atoms with Gasteiger partial charge >= 0.3 is 0 Å². The molecule has 2 aromatic carbocycles. The van der Waals surface area contributed by atoms with E-state index in [9.17, 15) is 4.79 Å². The lowest BCUT2D eigenvalue weighted by Gasteiger charge is -2.02. The van der Waals surface area contributed by atoms with Crippen molar-refractivity contribution in [1.29, 1.82) is 0 Å². The zero-order valence-electron chi connectivity index (χ0n) is 8.55. The first-order chi connectivity index (χ1) is 7.66. The van der Waals surface area contributed by atoms with Gasteiger partial charge in [-0.2, -0.15) is 0 Å². The van der Waals surface area contributed by atoms with Gasteiger partial charge < -0.3 is 10.8 Å². The van der Waals surface area contributed by atoms with E-state index in [1.807, 2.05) is 0 Å². The highest BCUT2D eigenvalue weighted by Crippen LogP contribution is 2.15. The fourth-order valence-electron chi connectivity index (χ4n) is 1.46. The van der Waals surface area contributed by atoms with Gasteiger partial charge in [-0.05, 0) is 36.4 Å². The van der Waals surface area contributed by atoms with E-state index >= 15 is 0 Å². The minimum Gasteiger partial charge on any atom is -0.508 e. The number of nitrogens with two attached hydrogens (primary N) is 1. The average Bonchev–Trinajstić information content (AvgIpc) is 2.29. The van der Waals surface area contributed by atoms with Crippen molar-refractivity contribution in [3.63, 3.8) is 0 Å². The van der Waals surface area contributed by atoms with Crippen molar-refractivity contribution in [2.75, 3.05) is 5.73 Å². The normalized spacial score (nSPS) is 10.0. The smallest absolute Gasteiger partial charge is 0.193 e. The van der Waals surface area contributed by atoms with Gasteiger partial charge in [-0.15, -0.1) is 0 Å². The van der Waals surface area contributed by atoms with Crippen LogP contribution < -0.4 is 5.73 Å². The maximum Gasteiger partial charge on any atom is 0.193 e. The van der Waals surface area contributed by atoms with Gasteiger partial charge in [0.15, 0.2) is 5.78 Å². The molecule has 0 aliphatic carbocycles. The molecule has 0 aliphatic heterocycles. The molecule has 0 aliphatic rings.